The molecule has 0 aliphatic heterocycles. The number of carbonyl (C=O) groups is 1. The zero-order chi connectivity index (χ0) is 23.8. The van der Waals surface area contributed by atoms with Gasteiger partial charge in [-0.15, -0.1) is 10.2 Å². The van der Waals surface area contributed by atoms with Crippen molar-refractivity contribution in [3.05, 3.63) is 89.4 Å². The molecule has 0 saturated carbocycles. The maximum Gasteiger partial charge on any atom is 0.250 e. The third-order valence-corrected chi connectivity index (χ3v) is 5.88. The van der Waals surface area contributed by atoms with Crippen LogP contribution >= 0.6 is 23.4 Å². The van der Waals surface area contributed by atoms with E-state index >= 15 is 0 Å². The molecule has 0 saturated heterocycles. The molecule has 0 atom stereocenters. The predicted octanol–water partition coefficient (Wildman–Crippen LogP) is 5.23. The van der Waals surface area contributed by atoms with Crippen molar-refractivity contribution in [3.63, 3.8) is 0 Å². The Kier molecular flexibility index (Phi) is 7.95. The van der Waals surface area contributed by atoms with E-state index in [0.29, 0.717) is 28.4 Å². The van der Waals surface area contributed by atoms with Crippen LogP contribution in [0, 0.1) is 0 Å². The van der Waals surface area contributed by atoms with E-state index in [1.54, 1.807) is 6.21 Å². The minimum Gasteiger partial charge on any atom is -0.493 e. The molecular weight excluding hydrogens is 470 g/mol. The lowest BCUT2D eigenvalue weighted by Gasteiger charge is -2.10. The zero-order valence-electron chi connectivity index (χ0n) is 18.4. The number of benzene rings is 3. The van der Waals surface area contributed by atoms with E-state index in [1.807, 2.05) is 90.4 Å². The van der Waals surface area contributed by atoms with Gasteiger partial charge in [0.1, 0.15) is 5.75 Å². The summed E-state index contributed by atoms with van der Waals surface area (Å²) in [5.74, 6) is 1.24. The molecule has 0 aliphatic rings. The van der Waals surface area contributed by atoms with E-state index in [9.17, 15) is 4.79 Å². The predicted molar refractivity (Wildman–Crippen MR) is 136 cm³/mol. The molecule has 1 heterocycles. The summed E-state index contributed by atoms with van der Waals surface area (Å²) < 4.78 is 7.49. The van der Waals surface area contributed by atoms with E-state index in [2.05, 4.69) is 20.7 Å². The molecule has 9 heteroatoms. The molecule has 7 nitrogen and oxygen atoms in total. The van der Waals surface area contributed by atoms with E-state index in [4.69, 9.17) is 16.3 Å². The maximum atomic E-state index is 12.4. The molecular formula is C25H22ClN5O2S. The number of ether oxygens (including phenoxy) is 1. The second kappa shape index (κ2) is 11.5. The quantitative estimate of drug-likeness (QED) is 0.197. The van der Waals surface area contributed by atoms with E-state index in [0.717, 1.165) is 16.8 Å². The van der Waals surface area contributed by atoms with E-state index in [1.165, 1.54) is 11.8 Å². The SMILES string of the molecule is CCOc1ccccc1/C=N/NC(=O)CSc1nnc(-c2ccc(Cl)cc2)n1-c1ccccc1. The molecule has 0 bridgehead atoms. The number of carbonyl (C=O) groups excluding carboxylic acids is 1. The topological polar surface area (TPSA) is 81.4 Å². The van der Waals surface area contributed by atoms with Gasteiger partial charge in [-0.25, -0.2) is 5.43 Å². The summed E-state index contributed by atoms with van der Waals surface area (Å²) in [7, 11) is 0. The summed E-state index contributed by atoms with van der Waals surface area (Å²) in [5, 5.41) is 14.0. The number of para-hydroxylation sites is 2. The van der Waals surface area contributed by atoms with Crippen LogP contribution in [-0.4, -0.2) is 39.2 Å². The Morgan fingerprint density at radius 2 is 1.79 bits per heavy atom. The number of thioether (sulfide) groups is 1. The minimum atomic E-state index is -0.259. The highest BCUT2D eigenvalue weighted by Gasteiger charge is 2.17. The first kappa shape index (κ1) is 23.5. The fraction of sp³-hybridized carbons (Fsp3) is 0.120. The number of halogens is 1. The Hall–Kier alpha value is -3.62. The average Bonchev–Trinajstić information content (AvgIpc) is 3.29. The Balaban J connectivity index is 1.48. The molecule has 3 aromatic carbocycles. The first-order valence-corrected chi connectivity index (χ1v) is 12.0. The molecule has 1 N–H and O–H groups in total. The van der Waals surface area contributed by atoms with Crippen molar-refractivity contribution in [2.45, 2.75) is 12.1 Å². The molecule has 1 amide bonds. The Labute approximate surface area is 206 Å². The second-order valence-electron chi connectivity index (χ2n) is 7.04. The number of rotatable bonds is 9. The van der Waals surface area contributed by atoms with Crippen molar-refractivity contribution < 1.29 is 9.53 Å². The number of hydrogen-bond acceptors (Lipinski definition) is 6. The third kappa shape index (κ3) is 5.84. The Morgan fingerprint density at radius 1 is 1.06 bits per heavy atom. The van der Waals surface area contributed by atoms with Crippen molar-refractivity contribution in [2.75, 3.05) is 12.4 Å². The zero-order valence-corrected chi connectivity index (χ0v) is 20.0. The molecule has 0 spiro atoms. The summed E-state index contributed by atoms with van der Waals surface area (Å²) in [4.78, 5) is 12.4. The van der Waals surface area contributed by atoms with Crippen LogP contribution in [0.25, 0.3) is 17.1 Å². The summed E-state index contributed by atoms with van der Waals surface area (Å²) in [6.07, 6.45) is 1.57. The van der Waals surface area contributed by atoms with Gasteiger partial charge in [-0.05, 0) is 55.5 Å². The van der Waals surface area contributed by atoms with Crippen LogP contribution in [0.15, 0.2) is 89.1 Å². The molecule has 0 unspecified atom stereocenters. The van der Waals surface area contributed by atoms with Crippen molar-refractivity contribution >= 4 is 35.5 Å². The van der Waals surface area contributed by atoms with Gasteiger partial charge in [-0.2, -0.15) is 5.10 Å². The van der Waals surface area contributed by atoms with Crippen molar-refractivity contribution in [3.8, 4) is 22.8 Å². The fourth-order valence-electron chi connectivity index (χ4n) is 3.17. The van der Waals surface area contributed by atoms with Crippen LogP contribution in [0.2, 0.25) is 5.02 Å². The van der Waals surface area contributed by atoms with Gasteiger partial charge in [0, 0.05) is 21.8 Å². The van der Waals surface area contributed by atoms with Crippen LogP contribution in [0.1, 0.15) is 12.5 Å². The molecule has 34 heavy (non-hydrogen) atoms. The summed E-state index contributed by atoms with van der Waals surface area (Å²) in [5.41, 5.74) is 5.11. The highest BCUT2D eigenvalue weighted by molar-refractivity contribution is 7.99. The first-order chi connectivity index (χ1) is 16.7. The number of nitrogens with one attached hydrogen (secondary N) is 1. The van der Waals surface area contributed by atoms with Crippen LogP contribution in [-0.2, 0) is 4.79 Å². The summed E-state index contributed by atoms with van der Waals surface area (Å²) in [6.45, 7) is 2.47. The second-order valence-corrected chi connectivity index (χ2v) is 8.42. The lowest BCUT2D eigenvalue weighted by atomic mass is 10.2. The van der Waals surface area contributed by atoms with Crippen molar-refractivity contribution in [1.82, 2.24) is 20.2 Å². The molecule has 0 radical (unpaired) electrons. The van der Waals surface area contributed by atoms with Crippen LogP contribution < -0.4 is 10.2 Å². The fourth-order valence-corrected chi connectivity index (χ4v) is 4.04. The van der Waals surface area contributed by atoms with Gasteiger partial charge in [0.15, 0.2) is 11.0 Å². The van der Waals surface area contributed by atoms with Gasteiger partial charge in [0.25, 0.3) is 5.91 Å². The largest absolute Gasteiger partial charge is 0.493 e. The number of nitrogens with zero attached hydrogens (tertiary/aromatic N) is 4. The molecule has 0 fully saturated rings. The molecule has 0 aliphatic carbocycles. The number of hydrazone groups is 1. The van der Waals surface area contributed by atoms with E-state index in [-0.39, 0.29) is 11.7 Å². The Bertz CT molecular complexity index is 1280. The first-order valence-electron chi connectivity index (χ1n) is 10.6. The van der Waals surface area contributed by atoms with Gasteiger partial charge in [-0.3, -0.25) is 9.36 Å². The van der Waals surface area contributed by atoms with Gasteiger partial charge in [0.2, 0.25) is 0 Å². The minimum absolute atomic E-state index is 0.121. The Morgan fingerprint density at radius 3 is 2.56 bits per heavy atom. The van der Waals surface area contributed by atoms with Crippen LogP contribution in [0.3, 0.4) is 0 Å². The van der Waals surface area contributed by atoms with Crippen molar-refractivity contribution in [2.24, 2.45) is 5.10 Å². The number of hydrogen-bond donors (Lipinski definition) is 1. The normalized spacial score (nSPS) is 11.0. The maximum absolute atomic E-state index is 12.4. The summed E-state index contributed by atoms with van der Waals surface area (Å²) >= 11 is 7.32. The van der Waals surface area contributed by atoms with Gasteiger partial charge >= 0.3 is 0 Å². The number of amides is 1. The standard InChI is InChI=1S/C25H22ClN5O2S/c1-2-33-22-11-7-6-8-19(22)16-27-28-23(32)17-34-25-30-29-24(18-12-14-20(26)15-13-18)31(25)21-9-4-3-5-10-21/h3-16H,2,17H2,1H3,(H,28,32)/b27-16+. The summed E-state index contributed by atoms with van der Waals surface area (Å²) in [6, 6.07) is 24.7. The van der Waals surface area contributed by atoms with E-state index < -0.39 is 0 Å². The van der Waals surface area contributed by atoms with Gasteiger partial charge in [0.05, 0.1) is 18.6 Å². The third-order valence-electron chi connectivity index (χ3n) is 4.69. The number of aromatic nitrogens is 3. The molecule has 1 aromatic heterocycles. The van der Waals surface area contributed by atoms with Gasteiger partial charge < -0.3 is 4.74 Å². The molecule has 4 rings (SSSR count). The van der Waals surface area contributed by atoms with Gasteiger partial charge in [-0.1, -0.05) is 53.7 Å². The smallest absolute Gasteiger partial charge is 0.250 e. The van der Waals surface area contributed by atoms with Crippen molar-refractivity contribution in [1.29, 1.82) is 0 Å². The highest BCUT2D eigenvalue weighted by atomic mass is 35.5. The molecule has 4 aromatic rings. The average molecular weight is 492 g/mol. The highest BCUT2D eigenvalue weighted by Crippen LogP contribution is 2.28. The molecule has 172 valence electrons. The lowest BCUT2D eigenvalue weighted by Crippen LogP contribution is -2.20. The van der Waals surface area contributed by atoms with Crippen LogP contribution in [0.5, 0.6) is 5.75 Å². The van der Waals surface area contributed by atoms with Crippen LogP contribution in [0.4, 0.5) is 0 Å². The lowest BCUT2D eigenvalue weighted by molar-refractivity contribution is -0.118. The monoisotopic (exact) mass is 491 g/mol.